The lowest BCUT2D eigenvalue weighted by Gasteiger charge is -2.00. The SMILES string of the molecule is c1cncc(-c2nccc3[nH]c(-c4n[nH]c5ncc(-c6cnccn6)cc45)nc23)c1. The van der Waals surface area contributed by atoms with Gasteiger partial charge in [-0.05, 0) is 24.3 Å². The maximum Gasteiger partial charge on any atom is 0.159 e. The van der Waals surface area contributed by atoms with Crippen molar-refractivity contribution in [3.8, 4) is 34.0 Å². The highest BCUT2D eigenvalue weighted by Crippen LogP contribution is 2.30. The van der Waals surface area contributed by atoms with Crippen molar-refractivity contribution in [2.45, 2.75) is 0 Å². The van der Waals surface area contributed by atoms with Gasteiger partial charge in [0, 0.05) is 48.3 Å². The van der Waals surface area contributed by atoms with Crippen LogP contribution in [-0.2, 0) is 0 Å². The summed E-state index contributed by atoms with van der Waals surface area (Å²) in [5.41, 5.74) is 6.24. The predicted molar refractivity (Wildman–Crippen MR) is 111 cm³/mol. The van der Waals surface area contributed by atoms with Crippen LogP contribution in [0.15, 0.2) is 67.6 Å². The van der Waals surface area contributed by atoms with Gasteiger partial charge in [0.25, 0.3) is 0 Å². The average molecular weight is 391 g/mol. The number of imidazole rings is 1. The van der Waals surface area contributed by atoms with E-state index >= 15 is 0 Å². The van der Waals surface area contributed by atoms with Crippen molar-refractivity contribution in [3.63, 3.8) is 0 Å². The lowest BCUT2D eigenvalue weighted by atomic mass is 10.1. The maximum absolute atomic E-state index is 4.80. The van der Waals surface area contributed by atoms with Crippen molar-refractivity contribution in [3.05, 3.63) is 67.6 Å². The average Bonchev–Trinajstić information content (AvgIpc) is 3.43. The van der Waals surface area contributed by atoms with E-state index < -0.39 is 0 Å². The molecular weight excluding hydrogens is 378 g/mol. The summed E-state index contributed by atoms with van der Waals surface area (Å²) in [4.78, 5) is 29.8. The molecule has 0 atom stereocenters. The Hall–Kier alpha value is -4.53. The van der Waals surface area contributed by atoms with Crippen LogP contribution in [0.2, 0.25) is 0 Å². The van der Waals surface area contributed by atoms with Crippen LogP contribution in [0.1, 0.15) is 0 Å². The molecule has 0 fully saturated rings. The molecule has 9 nitrogen and oxygen atoms in total. The van der Waals surface area contributed by atoms with E-state index in [2.05, 4.69) is 40.1 Å². The number of fused-ring (bicyclic) bond motifs is 2. The van der Waals surface area contributed by atoms with Crippen LogP contribution in [-0.4, -0.2) is 45.1 Å². The summed E-state index contributed by atoms with van der Waals surface area (Å²) in [6, 6.07) is 7.72. The van der Waals surface area contributed by atoms with Crippen molar-refractivity contribution < 1.29 is 0 Å². The minimum Gasteiger partial charge on any atom is -0.336 e. The van der Waals surface area contributed by atoms with E-state index in [4.69, 9.17) is 4.98 Å². The summed E-state index contributed by atoms with van der Waals surface area (Å²) in [6.07, 6.45) is 12.0. The molecule has 6 heterocycles. The van der Waals surface area contributed by atoms with Crippen LogP contribution in [0, 0.1) is 0 Å². The molecule has 0 amide bonds. The number of pyridine rings is 3. The van der Waals surface area contributed by atoms with Crippen molar-refractivity contribution >= 4 is 22.1 Å². The summed E-state index contributed by atoms with van der Waals surface area (Å²) >= 11 is 0. The Labute approximate surface area is 169 Å². The zero-order valence-corrected chi connectivity index (χ0v) is 15.5. The molecule has 0 radical (unpaired) electrons. The lowest BCUT2D eigenvalue weighted by molar-refractivity contribution is 1.09. The van der Waals surface area contributed by atoms with Gasteiger partial charge in [-0.25, -0.2) is 9.97 Å². The minimum atomic E-state index is 0.632. The van der Waals surface area contributed by atoms with Gasteiger partial charge in [0.1, 0.15) is 11.2 Å². The number of nitrogens with one attached hydrogen (secondary N) is 2. The molecule has 6 aromatic rings. The highest BCUT2D eigenvalue weighted by atomic mass is 15.2. The van der Waals surface area contributed by atoms with Crippen molar-refractivity contribution in [2.24, 2.45) is 0 Å². The zero-order valence-electron chi connectivity index (χ0n) is 15.5. The molecule has 0 aliphatic rings. The van der Waals surface area contributed by atoms with Gasteiger partial charge in [-0.2, -0.15) is 5.10 Å². The second kappa shape index (κ2) is 6.52. The topological polar surface area (TPSA) is 122 Å². The van der Waals surface area contributed by atoms with Crippen molar-refractivity contribution in [2.75, 3.05) is 0 Å². The summed E-state index contributed by atoms with van der Waals surface area (Å²) < 4.78 is 0. The predicted octanol–water partition coefficient (Wildman–Crippen LogP) is 3.42. The minimum absolute atomic E-state index is 0.632. The van der Waals surface area contributed by atoms with E-state index in [1.54, 1.807) is 43.4 Å². The van der Waals surface area contributed by atoms with E-state index in [0.29, 0.717) is 17.2 Å². The Morgan fingerprint density at radius 1 is 0.767 bits per heavy atom. The smallest absolute Gasteiger partial charge is 0.159 e. The third-order valence-corrected chi connectivity index (χ3v) is 4.84. The maximum atomic E-state index is 4.80. The van der Waals surface area contributed by atoms with Crippen LogP contribution in [0.3, 0.4) is 0 Å². The molecule has 0 saturated carbocycles. The third kappa shape index (κ3) is 2.60. The van der Waals surface area contributed by atoms with E-state index in [1.807, 2.05) is 24.3 Å². The highest BCUT2D eigenvalue weighted by Gasteiger charge is 2.17. The molecular formula is C21H13N9. The lowest BCUT2D eigenvalue weighted by Crippen LogP contribution is -1.87. The first-order valence-corrected chi connectivity index (χ1v) is 9.23. The Bertz CT molecular complexity index is 1490. The summed E-state index contributed by atoms with van der Waals surface area (Å²) in [7, 11) is 0. The van der Waals surface area contributed by atoms with Crippen LogP contribution in [0.5, 0.6) is 0 Å². The normalized spacial score (nSPS) is 11.3. The van der Waals surface area contributed by atoms with Crippen molar-refractivity contribution in [1.82, 2.24) is 45.1 Å². The molecule has 0 saturated heterocycles. The number of aromatic nitrogens is 9. The van der Waals surface area contributed by atoms with E-state index in [0.717, 1.165) is 38.9 Å². The third-order valence-electron chi connectivity index (χ3n) is 4.84. The summed E-state index contributed by atoms with van der Waals surface area (Å²) in [6.45, 7) is 0. The Morgan fingerprint density at radius 3 is 2.60 bits per heavy atom. The van der Waals surface area contributed by atoms with Gasteiger partial charge in [0.05, 0.1) is 28.5 Å². The van der Waals surface area contributed by atoms with Gasteiger partial charge >= 0.3 is 0 Å². The number of aromatic amines is 2. The number of H-pyrrole nitrogens is 2. The van der Waals surface area contributed by atoms with E-state index in [9.17, 15) is 0 Å². The molecule has 2 N–H and O–H groups in total. The quantitative estimate of drug-likeness (QED) is 0.474. The second-order valence-electron chi connectivity index (χ2n) is 6.67. The molecule has 0 bridgehead atoms. The van der Waals surface area contributed by atoms with Crippen LogP contribution >= 0.6 is 0 Å². The molecule has 9 heteroatoms. The number of hydrogen-bond donors (Lipinski definition) is 2. The second-order valence-corrected chi connectivity index (χ2v) is 6.67. The van der Waals surface area contributed by atoms with Gasteiger partial charge in [0.15, 0.2) is 11.5 Å². The monoisotopic (exact) mass is 391 g/mol. The number of nitrogens with zero attached hydrogens (tertiary/aromatic N) is 7. The molecule has 0 aromatic carbocycles. The molecule has 0 aliphatic carbocycles. The van der Waals surface area contributed by atoms with Gasteiger partial charge in [-0.1, -0.05) is 0 Å². The Balaban J connectivity index is 1.52. The largest absolute Gasteiger partial charge is 0.336 e. The van der Waals surface area contributed by atoms with Gasteiger partial charge in [0.2, 0.25) is 0 Å². The number of rotatable bonds is 3. The molecule has 0 unspecified atom stereocenters. The van der Waals surface area contributed by atoms with Crippen LogP contribution in [0.25, 0.3) is 56.1 Å². The fraction of sp³-hybridized carbons (Fsp3) is 0. The first kappa shape index (κ1) is 16.4. The van der Waals surface area contributed by atoms with Gasteiger partial charge < -0.3 is 4.98 Å². The van der Waals surface area contributed by atoms with Crippen LogP contribution in [0.4, 0.5) is 0 Å². The van der Waals surface area contributed by atoms with Gasteiger partial charge in [-0.3, -0.25) is 25.0 Å². The standard InChI is InChI=1S/C21H13N9/c1-2-12(9-22-4-1)17-19-15(3-5-25-17)27-21(28-19)18-14-8-13(10-26-20(14)30-29-18)16-11-23-6-7-24-16/h1-11H,(H,27,28)(H,26,29,30). The molecule has 6 rings (SSSR count). The first-order chi connectivity index (χ1) is 14.9. The number of hydrogen-bond acceptors (Lipinski definition) is 7. The fourth-order valence-electron chi connectivity index (χ4n) is 3.43. The molecule has 0 aliphatic heterocycles. The molecule has 0 spiro atoms. The van der Waals surface area contributed by atoms with E-state index in [-0.39, 0.29) is 0 Å². The fourth-order valence-corrected chi connectivity index (χ4v) is 3.43. The van der Waals surface area contributed by atoms with E-state index in [1.165, 1.54) is 0 Å². The summed E-state index contributed by atoms with van der Waals surface area (Å²) in [5, 5.41) is 8.26. The summed E-state index contributed by atoms with van der Waals surface area (Å²) in [5.74, 6) is 0.632. The molecule has 30 heavy (non-hydrogen) atoms. The molecule has 6 aromatic heterocycles. The first-order valence-electron chi connectivity index (χ1n) is 9.23. The Morgan fingerprint density at radius 2 is 1.73 bits per heavy atom. The van der Waals surface area contributed by atoms with Gasteiger partial charge in [-0.15, -0.1) is 0 Å². The Kier molecular flexibility index (Phi) is 3.57. The van der Waals surface area contributed by atoms with Crippen molar-refractivity contribution in [1.29, 1.82) is 0 Å². The highest BCUT2D eigenvalue weighted by molar-refractivity contribution is 5.95. The molecule has 142 valence electrons. The zero-order chi connectivity index (χ0) is 19.9. The van der Waals surface area contributed by atoms with Crippen LogP contribution < -0.4 is 0 Å².